The standard InChI is InChI=1S/C11H9N3O/c1-14-11(15)8-6-12-9-5-3-2-4-7(9)10(8)13-14/h2-6,8H,1H3. The lowest BCUT2D eigenvalue weighted by molar-refractivity contribution is -0.128. The van der Waals surface area contributed by atoms with Crippen molar-refractivity contribution in [2.45, 2.75) is 0 Å². The highest BCUT2D eigenvalue weighted by molar-refractivity contribution is 6.27. The van der Waals surface area contributed by atoms with Gasteiger partial charge in [-0.1, -0.05) is 18.2 Å². The van der Waals surface area contributed by atoms with Crippen LogP contribution in [-0.4, -0.2) is 29.9 Å². The number of benzene rings is 1. The van der Waals surface area contributed by atoms with Gasteiger partial charge < -0.3 is 0 Å². The van der Waals surface area contributed by atoms with E-state index in [4.69, 9.17) is 0 Å². The van der Waals surface area contributed by atoms with Gasteiger partial charge in [0.25, 0.3) is 5.91 Å². The fourth-order valence-corrected chi connectivity index (χ4v) is 1.90. The highest BCUT2D eigenvalue weighted by atomic mass is 16.2. The first-order valence-corrected chi connectivity index (χ1v) is 4.77. The summed E-state index contributed by atoms with van der Waals surface area (Å²) in [5.41, 5.74) is 2.66. The third-order valence-corrected chi connectivity index (χ3v) is 2.68. The predicted octanol–water partition coefficient (Wildman–Crippen LogP) is 1.19. The van der Waals surface area contributed by atoms with Crippen LogP contribution in [-0.2, 0) is 4.79 Å². The number of rotatable bonds is 0. The van der Waals surface area contributed by atoms with E-state index in [1.54, 1.807) is 13.3 Å². The number of para-hydroxylation sites is 1. The molecule has 0 fully saturated rings. The number of fused-ring (bicyclic) bond motifs is 3. The van der Waals surface area contributed by atoms with Gasteiger partial charge in [-0.15, -0.1) is 0 Å². The molecule has 2 heterocycles. The lowest BCUT2D eigenvalue weighted by atomic mass is 9.94. The van der Waals surface area contributed by atoms with E-state index >= 15 is 0 Å². The Morgan fingerprint density at radius 2 is 2.13 bits per heavy atom. The second kappa shape index (κ2) is 2.76. The van der Waals surface area contributed by atoms with Crippen LogP contribution in [0, 0.1) is 5.92 Å². The topological polar surface area (TPSA) is 45.0 Å². The van der Waals surface area contributed by atoms with E-state index in [-0.39, 0.29) is 11.8 Å². The van der Waals surface area contributed by atoms with Crippen LogP contribution in [0.5, 0.6) is 0 Å². The third-order valence-electron chi connectivity index (χ3n) is 2.68. The Bertz CT molecular complexity index is 504. The monoisotopic (exact) mass is 199 g/mol. The van der Waals surface area contributed by atoms with Gasteiger partial charge in [0.05, 0.1) is 11.4 Å². The van der Waals surface area contributed by atoms with Gasteiger partial charge in [-0.3, -0.25) is 9.79 Å². The van der Waals surface area contributed by atoms with Crippen molar-refractivity contribution in [3.8, 4) is 0 Å². The van der Waals surface area contributed by atoms with Crippen molar-refractivity contribution in [3.63, 3.8) is 0 Å². The lowest BCUT2D eigenvalue weighted by Gasteiger charge is -2.13. The Hall–Kier alpha value is -1.97. The van der Waals surface area contributed by atoms with Gasteiger partial charge in [-0.2, -0.15) is 5.10 Å². The third kappa shape index (κ3) is 1.05. The van der Waals surface area contributed by atoms with Gasteiger partial charge in [0.15, 0.2) is 0 Å². The van der Waals surface area contributed by atoms with Gasteiger partial charge in [0, 0.05) is 18.8 Å². The van der Waals surface area contributed by atoms with Crippen LogP contribution in [0.2, 0.25) is 0 Å². The Labute approximate surface area is 86.9 Å². The van der Waals surface area contributed by atoms with Crippen molar-refractivity contribution in [2.24, 2.45) is 16.0 Å². The van der Waals surface area contributed by atoms with E-state index in [0.29, 0.717) is 0 Å². The average molecular weight is 199 g/mol. The fourth-order valence-electron chi connectivity index (χ4n) is 1.90. The minimum absolute atomic E-state index is 0.0109. The van der Waals surface area contributed by atoms with Crippen LogP contribution in [0.15, 0.2) is 34.4 Å². The summed E-state index contributed by atoms with van der Waals surface area (Å²) in [6, 6.07) is 7.73. The molecule has 0 spiro atoms. The molecule has 4 heteroatoms. The number of carbonyl (C=O) groups is 1. The predicted molar refractivity (Wildman–Crippen MR) is 57.4 cm³/mol. The molecule has 1 aromatic rings. The summed E-state index contributed by atoms with van der Waals surface area (Å²) in [7, 11) is 1.67. The smallest absolute Gasteiger partial charge is 0.257 e. The maximum absolute atomic E-state index is 11.7. The Balaban J connectivity index is 2.21. The first-order chi connectivity index (χ1) is 7.27. The highest BCUT2D eigenvalue weighted by Crippen LogP contribution is 2.30. The fraction of sp³-hybridized carbons (Fsp3) is 0.182. The van der Waals surface area contributed by atoms with E-state index < -0.39 is 0 Å². The maximum Gasteiger partial charge on any atom is 0.257 e. The maximum atomic E-state index is 11.7. The number of hydrogen-bond acceptors (Lipinski definition) is 3. The SMILES string of the molecule is CN1N=C2c3ccccc3N=CC2C1=O. The van der Waals surface area contributed by atoms with Crippen molar-refractivity contribution in [2.75, 3.05) is 7.05 Å². The minimum atomic E-state index is -0.287. The number of nitrogens with zero attached hydrogens (tertiary/aromatic N) is 3. The summed E-state index contributed by atoms with van der Waals surface area (Å²) >= 11 is 0. The number of carbonyl (C=O) groups excluding carboxylic acids is 1. The molecule has 0 aromatic heterocycles. The number of amides is 1. The van der Waals surface area contributed by atoms with E-state index in [2.05, 4.69) is 10.1 Å². The van der Waals surface area contributed by atoms with Crippen molar-refractivity contribution in [1.29, 1.82) is 0 Å². The number of aliphatic imine (C=N–C) groups is 1. The molecule has 1 atom stereocenters. The molecule has 1 aromatic carbocycles. The van der Waals surface area contributed by atoms with Crippen LogP contribution in [0.1, 0.15) is 5.56 Å². The van der Waals surface area contributed by atoms with Crippen LogP contribution in [0.25, 0.3) is 0 Å². The Kier molecular flexibility index (Phi) is 1.54. The van der Waals surface area contributed by atoms with Crippen LogP contribution < -0.4 is 0 Å². The second-order valence-corrected chi connectivity index (χ2v) is 3.62. The summed E-state index contributed by atoms with van der Waals surface area (Å²) in [5, 5.41) is 5.63. The van der Waals surface area contributed by atoms with Gasteiger partial charge in [-0.25, -0.2) is 5.01 Å². The largest absolute Gasteiger partial charge is 0.272 e. The van der Waals surface area contributed by atoms with Crippen LogP contribution >= 0.6 is 0 Å². The van der Waals surface area contributed by atoms with E-state index in [1.165, 1.54) is 5.01 Å². The van der Waals surface area contributed by atoms with Crippen LogP contribution in [0.3, 0.4) is 0 Å². The number of hydrogen-bond donors (Lipinski definition) is 0. The zero-order chi connectivity index (χ0) is 10.4. The van der Waals surface area contributed by atoms with Gasteiger partial charge in [-0.05, 0) is 6.07 Å². The normalized spacial score (nSPS) is 22.5. The first-order valence-electron chi connectivity index (χ1n) is 4.77. The molecule has 74 valence electrons. The van der Waals surface area contributed by atoms with Crippen molar-refractivity contribution in [3.05, 3.63) is 29.8 Å². The van der Waals surface area contributed by atoms with Crippen molar-refractivity contribution < 1.29 is 4.79 Å². The molecule has 1 unspecified atom stereocenters. The zero-order valence-corrected chi connectivity index (χ0v) is 8.21. The molecule has 2 aliphatic rings. The quantitative estimate of drug-likeness (QED) is 0.619. The van der Waals surface area contributed by atoms with Gasteiger partial charge >= 0.3 is 0 Å². The molecule has 0 bridgehead atoms. The molecule has 0 saturated heterocycles. The van der Waals surface area contributed by atoms with E-state index in [9.17, 15) is 4.79 Å². The Morgan fingerprint density at radius 3 is 3.00 bits per heavy atom. The van der Waals surface area contributed by atoms with Crippen molar-refractivity contribution in [1.82, 2.24) is 5.01 Å². The molecule has 1 amide bonds. The molecule has 0 aliphatic carbocycles. The molecular weight excluding hydrogens is 190 g/mol. The lowest BCUT2D eigenvalue weighted by Crippen LogP contribution is -2.27. The second-order valence-electron chi connectivity index (χ2n) is 3.62. The van der Waals surface area contributed by atoms with Gasteiger partial charge in [0.1, 0.15) is 5.92 Å². The first kappa shape index (κ1) is 8.35. The summed E-state index contributed by atoms with van der Waals surface area (Å²) in [4.78, 5) is 15.9. The number of hydrazone groups is 1. The summed E-state index contributed by atoms with van der Waals surface area (Å²) in [6.07, 6.45) is 1.67. The molecule has 0 saturated carbocycles. The van der Waals surface area contributed by atoms with Crippen molar-refractivity contribution >= 4 is 23.5 Å². The molecule has 0 radical (unpaired) electrons. The highest BCUT2D eigenvalue weighted by Gasteiger charge is 2.36. The molecule has 0 N–H and O–H groups in total. The van der Waals surface area contributed by atoms with E-state index in [0.717, 1.165) is 17.0 Å². The summed E-state index contributed by atoms with van der Waals surface area (Å²) in [5.74, 6) is -0.298. The Morgan fingerprint density at radius 1 is 1.33 bits per heavy atom. The molecular formula is C11H9N3O. The minimum Gasteiger partial charge on any atom is -0.272 e. The molecule has 3 rings (SSSR count). The molecule has 15 heavy (non-hydrogen) atoms. The molecule has 2 aliphatic heterocycles. The zero-order valence-electron chi connectivity index (χ0n) is 8.21. The van der Waals surface area contributed by atoms with Gasteiger partial charge in [0.2, 0.25) is 0 Å². The van der Waals surface area contributed by atoms with E-state index in [1.807, 2.05) is 24.3 Å². The average Bonchev–Trinajstić information content (AvgIpc) is 2.56. The molecule has 4 nitrogen and oxygen atoms in total. The van der Waals surface area contributed by atoms with Crippen LogP contribution in [0.4, 0.5) is 5.69 Å². The summed E-state index contributed by atoms with van der Waals surface area (Å²) < 4.78 is 0. The summed E-state index contributed by atoms with van der Waals surface area (Å²) in [6.45, 7) is 0.